The quantitative estimate of drug-likeness (QED) is 0.597. The van der Waals surface area contributed by atoms with E-state index in [1.165, 1.54) is 28.3 Å². The fourth-order valence-corrected chi connectivity index (χ4v) is 0.0833. The Bertz CT molecular complexity index is 116. The van der Waals surface area contributed by atoms with Gasteiger partial charge in [0.1, 0.15) is 0 Å². The molecule has 0 saturated carbocycles. The zero-order chi connectivity index (χ0) is 11.1. The summed E-state index contributed by atoms with van der Waals surface area (Å²) in [5.74, 6) is 0. The number of methoxy groups -OCH3 is 3. The lowest BCUT2D eigenvalue weighted by Crippen LogP contribution is -2.20. The van der Waals surface area contributed by atoms with Crippen LogP contribution in [0.3, 0.4) is 0 Å². The first-order chi connectivity index (χ1) is 5.68. The van der Waals surface area contributed by atoms with Crippen LogP contribution in [0.15, 0.2) is 0 Å². The molecule has 13 heavy (non-hydrogen) atoms. The summed E-state index contributed by atoms with van der Waals surface area (Å²) >= 11 is 10.5. The number of hydrogen-bond acceptors (Lipinski definition) is 4. The predicted octanol–water partition coefficient (Wildman–Crippen LogP) is 1.73. The molecule has 0 radical (unpaired) electrons. The van der Waals surface area contributed by atoms with E-state index in [1.54, 1.807) is 6.92 Å². The first-order valence-electron chi connectivity index (χ1n) is 3.44. The van der Waals surface area contributed by atoms with E-state index in [9.17, 15) is 0 Å². The lowest BCUT2D eigenvalue weighted by atomic mass is 10.7. The molecule has 0 aliphatic rings. The average Bonchev–Trinajstić information content (AvgIpc) is 2.04. The number of hydrogen-bond donors (Lipinski definition) is 1. The molecule has 1 atom stereocenters. The number of alkyl halides is 2. The smallest absolute Gasteiger partial charge is 0.244 e. The molecule has 0 amide bonds. The highest BCUT2D eigenvalue weighted by molar-refractivity contribution is 6.21. The number of aliphatic hydroxyl groups is 1. The minimum absolute atomic E-state index is 0.944. The average molecular weight is 235 g/mol. The second-order valence-corrected chi connectivity index (χ2v) is 3.70. The Morgan fingerprint density at radius 1 is 0.923 bits per heavy atom. The summed E-state index contributed by atoms with van der Waals surface area (Å²) in [6.45, 7) is 2.96. The molecule has 0 bridgehead atoms. The van der Waals surface area contributed by atoms with Gasteiger partial charge in [-0.25, -0.2) is 0 Å². The van der Waals surface area contributed by atoms with Gasteiger partial charge in [0.25, 0.3) is 0 Å². The Hall–Kier alpha value is 0.420. The van der Waals surface area contributed by atoms with E-state index in [0.717, 1.165) is 0 Å². The Labute approximate surface area is 88.7 Å². The molecule has 0 saturated heterocycles. The van der Waals surface area contributed by atoms with Crippen LogP contribution in [-0.2, 0) is 14.2 Å². The standard InChI is InChI=1S/C4H9ClO2.C3H7ClO2/c1-4(5,6-2)7-3;1-3(4,5)6-2/h1-3H3;5H,1-2H3. The number of halogens is 2. The van der Waals surface area contributed by atoms with E-state index >= 15 is 0 Å². The van der Waals surface area contributed by atoms with E-state index < -0.39 is 10.5 Å². The molecule has 82 valence electrons. The van der Waals surface area contributed by atoms with E-state index in [0.29, 0.717) is 0 Å². The van der Waals surface area contributed by atoms with Crippen LogP contribution in [0.2, 0.25) is 0 Å². The molecular formula is C7H16Cl2O4. The molecule has 0 aromatic rings. The van der Waals surface area contributed by atoms with Crippen molar-refractivity contribution < 1.29 is 19.3 Å². The summed E-state index contributed by atoms with van der Waals surface area (Å²) in [4.78, 5) is 0. The summed E-state index contributed by atoms with van der Waals surface area (Å²) in [7, 11) is 4.29. The molecule has 0 spiro atoms. The van der Waals surface area contributed by atoms with E-state index in [-0.39, 0.29) is 0 Å². The van der Waals surface area contributed by atoms with Crippen LogP contribution < -0.4 is 0 Å². The van der Waals surface area contributed by atoms with Gasteiger partial charge in [-0.1, -0.05) is 23.2 Å². The second-order valence-electron chi connectivity index (χ2n) is 2.32. The highest BCUT2D eigenvalue weighted by Crippen LogP contribution is 2.13. The van der Waals surface area contributed by atoms with Crippen molar-refractivity contribution >= 4 is 23.2 Å². The van der Waals surface area contributed by atoms with Crippen LogP contribution >= 0.6 is 23.2 Å². The minimum Gasteiger partial charge on any atom is -0.353 e. The van der Waals surface area contributed by atoms with Crippen LogP contribution in [0.25, 0.3) is 0 Å². The number of rotatable bonds is 3. The fourth-order valence-electron chi connectivity index (χ4n) is 0.0833. The van der Waals surface area contributed by atoms with Gasteiger partial charge in [-0.2, -0.15) is 0 Å². The van der Waals surface area contributed by atoms with Crippen molar-refractivity contribution in [1.82, 2.24) is 0 Å². The van der Waals surface area contributed by atoms with E-state index in [2.05, 4.69) is 14.2 Å². The molecular weight excluding hydrogens is 219 g/mol. The van der Waals surface area contributed by atoms with Gasteiger partial charge < -0.3 is 19.3 Å². The summed E-state index contributed by atoms with van der Waals surface area (Å²) in [6.07, 6.45) is 0. The molecule has 0 fully saturated rings. The van der Waals surface area contributed by atoms with Crippen LogP contribution in [0.4, 0.5) is 0 Å². The number of ether oxygens (including phenoxy) is 3. The Morgan fingerprint density at radius 3 is 1.15 bits per heavy atom. The van der Waals surface area contributed by atoms with Crippen LogP contribution in [0.5, 0.6) is 0 Å². The molecule has 0 aliphatic carbocycles. The first-order valence-corrected chi connectivity index (χ1v) is 4.19. The van der Waals surface area contributed by atoms with Gasteiger partial charge in [0, 0.05) is 35.2 Å². The SMILES string of the molecule is COC(C)(Cl)OC.COC(C)(O)Cl. The lowest BCUT2D eigenvalue weighted by molar-refractivity contribution is -0.126. The largest absolute Gasteiger partial charge is 0.353 e. The van der Waals surface area contributed by atoms with Gasteiger partial charge in [-0.15, -0.1) is 0 Å². The zero-order valence-electron chi connectivity index (χ0n) is 8.43. The third kappa shape index (κ3) is 15.2. The molecule has 0 aliphatic heterocycles. The van der Waals surface area contributed by atoms with Crippen molar-refractivity contribution in [3.05, 3.63) is 0 Å². The Kier molecular flexibility index (Phi) is 8.32. The van der Waals surface area contributed by atoms with E-state index in [4.69, 9.17) is 28.3 Å². The fraction of sp³-hybridized carbons (Fsp3) is 1.00. The Morgan fingerprint density at radius 2 is 1.15 bits per heavy atom. The van der Waals surface area contributed by atoms with Crippen molar-refractivity contribution in [3.63, 3.8) is 0 Å². The maximum absolute atomic E-state index is 8.37. The first kappa shape index (κ1) is 15.9. The van der Waals surface area contributed by atoms with Crippen molar-refractivity contribution in [2.45, 2.75) is 24.3 Å². The highest BCUT2D eigenvalue weighted by atomic mass is 35.5. The minimum atomic E-state index is -1.49. The van der Waals surface area contributed by atoms with Crippen molar-refractivity contribution in [2.75, 3.05) is 21.3 Å². The predicted molar refractivity (Wildman–Crippen MR) is 51.8 cm³/mol. The summed E-state index contributed by atoms with van der Waals surface area (Å²) < 4.78 is 13.5. The summed E-state index contributed by atoms with van der Waals surface area (Å²) in [6, 6.07) is 0. The van der Waals surface area contributed by atoms with Crippen LogP contribution in [0.1, 0.15) is 13.8 Å². The van der Waals surface area contributed by atoms with Gasteiger partial charge in [0.15, 0.2) is 0 Å². The van der Waals surface area contributed by atoms with Gasteiger partial charge in [0.2, 0.25) is 10.5 Å². The maximum Gasteiger partial charge on any atom is 0.244 e. The van der Waals surface area contributed by atoms with Crippen molar-refractivity contribution in [3.8, 4) is 0 Å². The topological polar surface area (TPSA) is 47.9 Å². The van der Waals surface area contributed by atoms with Crippen LogP contribution in [0, 0.1) is 0 Å². The van der Waals surface area contributed by atoms with Crippen molar-refractivity contribution in [1.29, 1.82) is 0 Å². The van der Waals surface area contributed by atoms with Crippen molar-refractivity contribution in [2.24, 2.45) is 0 Å². The lowest BCUT2D eigenvalue weighted by Gasteiger charge is -2.16. The van der Waals surface area contributed by atoms with Crippen LogP contribution in [-0.4, -0.2) is 36.9 Å². The van der Waals surface area contributed by atoms with Gasteiger partial charge in [-0.3, -0.25) is 0 Å². The van der Waals surface area contributed by atoms with Gasteiger partial charge >= 0.3 is 0 Å². The molecule has 0 aromatic carbocycles. The zero-order valence-corrected chi connectivity index (χ0v) is 9.94. The highest BCUT2D eigenvalue weighted by Gasteiger charge is 2.16. The van der Waals surface area contributed by atoms with E-state index in [1.807, 2.05) is 0 Å². The summed E-state index contributed by atoms with van der Waals surface area (Å²) in [5.41, 5.74) is 0. The molecule has 1 unspecified atom stereocenters. The molecule has 0 heterocycles. The monoisotopic (exact) mass is 234 g/mol. The molecule has 1 N–H and O–H groups in total. The molecule has 6 heteroatoms. The Balaban J connectivity index is 0. The molecule has 0 aromatic heterocycles. The maximum atomic E-state index is 8.37. The third-order valence-electron chi connectivity index (χ3n) is 1.10. The van der Waals surface area contributed by atoms with Gasteiger partial charge in [0.05, 0.1) is 0 Å². The van der Waals surface area contributed by atoms with Gasteiger partial charge in [-0.05, 0) is 0 Å². The summed E-state index contributed by atoms with van der Waals surface area (Å²) in [5, 5.41) is 5.94. The normalized spacial score (nSPS) is 15.7. The molecule has 0 rings (SSSR count). The third-order valence-corrected chi connectivity index (χ3v) is 1.56. The molecule has 4 nitrogen and oxygen atoms in total. The second kappa shape index (κ2) is 6.81.